The number of halogens is 1. The lowest BCUT2D eigenvalue weighted by atomic mass is 9.64. The van der Waals surface area contributed by atoms with Crippen molar-refractivity contribution in [2.45, 2.75) is 58.5 Å². The number of amides is 1. The summed E-state index contributed by atoms with van der Waals surface area (Å²) in [7, 11) is 0. The Morgan fingerprint density at radius 2 is 1.89 bits per heavy atom. The number of benzene rings is 2. The summed E-state index contributed by atoms with van der Waals surface area (Å²) in [6.45, 7) is 7.56. The molecule has 190 valence electrons. The molecular formula is C29H29ClN4O3. The molecule has 2 aromatic heterocycles. The van der Waals surface area contributed by atoms with Crippen molar-refractivity contribution in [3.8, 4) is 11.1 Å². The first kappa shape index (κ1) is 23.0. The number of carbonyl (C=O) groups excluding carboxylic acids is 1. The molecule has 8 heteroatoms. The first-order valence-corrected chi connectivity index (χ1v) is 13.3. The van der Waals surface area contributed by atoms with Crippen molar-refractivity contribution < 1.29 is 14.1 Å². The van der Waals surface area contributed by atoms with Gasteiger partial charge in [0.05, 0.1) is 36.0 Å². The highest BCUT2D eigenvalue weighted by molar-refractivity contribution is 6.31. The summed E-state index contributed by atoms with van der Waals surface area (Å²) in [6, 6.07) is 12.5. The van der Waals surface area contributed by atoms with Crippen LogP contribution in [0.2, 0.25) is 5.02 Å². The van der Waals surface area contributed by atoms with E-state index in [4.69, 9.17) is 25.8 Å². The highest BCUT2D eigenvalue weighted by Gasteiger charge is 2.52. The Hall–Kier alpha value is -3.16. The fraction of sp³-hybridized carbons (Fsp3) is 0.414. The Bertz CT molecular complexity index is 1540. The summed E-state index contributed by atoms with van der Waals surface area (Å²) in [5.74, 6) is 1.86. The van der Waals surface area contributed by atoms with Crippen LogP contribution in [-0.4, -0.2) is 33.8 Å². The summed E-state index contributed by atoms with van der Waals surface area (Å²) >= 11 is 6.47. The molecule has 1 atom stereocenters. The number of hydrogen-bond acceptors (Lipinski definition) is 5. The molecule has 4 heterocycles. The summed E-state index contributed by atoms with van der Waals surface area (Å²) in [6.07, 6.45) is 3.37. The van der Waals surface area contributed by atoms with E-state index in [1.54, 1.807) is 0 Å². The van der Waals surface area contributed by atoms with E-state index in [0.29, 0.717) is 22.9 Å². The highest BCUT2D eigenvalue weighted by Crippen LogP contribution is 2.55. The van der Waals surface area contributed by atoms with Crippen molar-refractivity contribution in [2.75, 3.05) is 18.1 Å². The zero-order chi connectivity index (χ0) is 25.5. The minimum Gasteiger partial charge on any atom is -0.380 e. The average Bonchev–Trinajstić information content (AvgIpc) is 3.48. The summed E-state index contributed by atoms with van der Waals surface area (Å²) in [5, 5.41) is 4.80. The maximum absolute atomic E-state index is 13.2. The van der Waals surface area contributed by atoms with E-state index < -0.39 is 0 Å². The van der Waals surface area contributed by atoms with Crippen LogP contribution >= 0.6 is 11.6 Å². The van der Waals surface area contributed by atoms with E-state index in [9.17, 15) is 4.79 Å². The quantitative estimate of drug-likeness (QED) is 0.310. The standard InChI is InChI=1S/C29H29ClN4O3/c1-16-4-6-20(11-22(16)30)33-25(8-9-26(33)35)28-31-23-10-19(27-17(2)32-37-18(27)3)5-7-24(23)34(28)21-12-29(13-21)14-36-15-29/h4-7,10-11,21,25H,8-9,12-15H2,1-3H3/t25-/m0/s1. The van der Waals surface area contributed by atoms with Gasteiger partial charge in [0, 0.05) is 34.2 Å². The minimum atomic E-state index is -0.143. The summed E-state index contributed by atoms with van der Waals surface area (Å²) in [5.41, 5.74) is 7.09. The monoisotopic (exact) mass is 516 g/mol. The average molecular weight is 517 g/mol. The number of ether oxygens (including phenoxy) is 1. The van der Waals surface area contributed by atoms with Crippen LogP contribution in [0.5, 0.6) is 0 Å². The van der Waals surface area contributed by atoms with Crippen LogP contribution in [0.4, 0.5) is 5.69 Å². The molecular weight excluding hydrogens is 488 g/mol. The first-order chi connectivity index (χ1) is 17.8. The molecule has 1 aliphatic carbocycles. The molecule has 3 aliphatic rings. The number of hydrogen-bond donors (Lipinski definition) is 0. The number of rotatable bonds is 4. The maximum atomic E-state index is 13.2. The Kier molecular flexibility index (Phi) is 5.08. The maximum Gasteiger partial charge on any atom is 0.227 e. The van der Waals surface area contributed by atoms with Gasteiger partial charge in [0.2, 0.25) is 5.91 Å². The molecule has 1 saturated carbocycles. The molecule has 2 aromatic carbocycles. The third-order valence-corrected chi connectivity index (χ3v) is 8.91. The summed E-state index contributed by atoms with van der Waals surface area (Å²) < 4.78 is 13.4. The Labute approximate surface area is 220 Å². The normalized spacial score (nSPS) is 21.1. The Balaban J connectivity index is 1.36. The van der Waals surface area contributed by atoms with E-state index in [2.05, 4.69) is 27.9 Å². The van der Waals surface area contributed by atoms with Gasteiger partial charge in [0.25, 0.3) is 0 Å². The van der Waals surface area contributed by atoms with Gasteiger partial charge in [-0.25, -0.2) is 4.98 Å². The van der Waals surface area contributed by atoms with Crippen LogP contribution in [0.15, 0.2) is 40.9 Å². The summed E-state index contributed by atoms with van der Waals surface area (Å²) in [4.78, 5) is 20.3. The molecule has 2 aliphatic heterocycles. The van der Waals surface area contributed by atoms with Gasteiger partial charge in [0.1, 0.15) is 11.6 Å². The Morgan fingerprint density at radius 1 is 1.08 bits per heavy atom. The molecule has 3 fully saturated rings. The molecule has 37 heavy (non-hydrogen) atoms. The van der Waals surface area contributed by atoms with Crippen molar-refractivity contribution in [3.63, 3.8) is 0 Å². The second-order valence-corrected chi connectivity index (χ2v) is 11.5. The van der Waals surface area contributed by atoms with Gasteiger partial charge in [-0.2, -0.15) is 0 Å². The number of fused-ring (bicyclic) bond motifs is 1. The van der Waals surface area contributed by atoms with Gasteiger partial charge in [-0.3, -0.25) is 4.79 Å². The molecule has 7 nitrogen and oxygen atoms in total. The number of nitrogens with zero attached hydrogens (tertiary/aromatic N) is 4. The molecule has 4 aromatic rings. The van der Waals surface area contributed by atoms with Gasteiger partial charge in [-0.1, -0.05) is 28.9 Å². The van der Waals surface area contributed by atoms with Gasteiger partial charge < -0.3 is 18.7 Å². The van der Waals surface area contributed by atoms with Crippen LogP contribution in [-0.2, 0) is 9.53 Å². The van der Waals surface area contributed by atoms with Crippen LogP contribution < -0.4 is 4.90 Å². The highest BCUT2D eigenvalue weighted by atomic mass is 35.5. The van der Waals surface area contributed by atoms with Gasteiger partial charge in [0.15, 0.2) is 0 Å². The van der Waals surface area contributed by atoms with Crippen LogP contribution in [0, 0.1) is 26.2 Å². The zero-order valence-electron chi connectivity index (χ0n) is 21.3. The third-order valence-electron chi connectivity index (χ3n) is 8.50. The fourth-order valence-corrected chi connectivity index (χ4v) is 6.69. The smallest absolute Gasteiger partial charge is 0.227 e. The topological polar surface area (TPSA) is 73.4 Å². The molecule has 1 spiro atoms. The van der Waals surface area contributed by atoms with E-state index in [0.717, 1.165) is 83.2 Å². The SMILES string of the molecule is Cc1ccc(N2C(=O)CC[C@H]2c2nc3cc(-c4c(C)noc4C)ccc3n2C2CC3(COC3)C2)cc1Cl. The fourth-order valence-electron chi connectivity index (χ4n) is 6.52. The van der Waals surface area contributed by atoms with Crippen molar-refractivity contribution in [1.82, 2.24) is 14.7 Å². The van der Waals surface area contributed by atoms with Crippen LogP contribution in [0.1, 0.15) is 60.6 Å². The van der Waals surface area contributed by atoms with Gasteiger partial charge in [-0.05, 0) is 75.4 Å². The number of aryl methyl sites for hydroxylation is 3. The number of anilines is 1. The first-order valence-electron chi connectivity index (χ1n) is 12.9. The second-order valence-electron chi connectivity index (χ2n) is 11.0. The predicted molar refractivity (Wildman–Crippen MR) is 142 cm³/mol. The third kappa shape index (κ3) is 3.47. The second kappa shape index (κ2) is 8.17. The van der Waals surface area contributed by atoms with Crippen LogP contribution in [0.25, 0.3) is 22.2 Å². The molecule has 1 amide bonds. The lowest BCUT2D eigenvalue weighted by Gasteiger charge is -2.54. The zero-order valence-corrected chi connectivity index (χ0v) is 22.0. The van der Waals surface area contributed by atoms with Crippen molar-refractivity contribution in [2.24, 2.45) is 5.41 Å². The number of carbonyl (C=O) groups is 1. The van der Waals surface area contributed by atoms with Crippen molar-refractivity contribution in [1.29, 1.82) is 0 Å². The van der Waals surface area contributed by atoms with Crippen molar-refractivity contribution >= 4 is 34.2 Å². The Morgan fingerprint density at radius 3 is 2.57 bits per heavy atom. The molecule has 0 N–H and O–H groups in total. The molecule has 2 saturated heterocycles. The molecule has 0 unspecified atom stereocenters. The van der Waals surface area contributed by atoms with E-state index in [1.165, 1.54) is 0 Å². The van der Waals surface area contributed by atoms with Gasteiger partial charge in [-0.15, -0.1) is 0 Å². The lowest BCUT2D eigenvalue weighted by Crippen LogP contribution is -2.52. The number of imidazole rings is 1. The van der Waals surface area contributed by atoms with Crippen molar-refractivity contribution in [3.05, 3.63) is 64.3 Å². The molecule has 0 bridgehead atoms. The van der Waals surface area contributed by atoms with E-state index in [-0.39, 0.29) is 11.9 Å². The largest absolute Gasteiger partial charge is 0.380 e. The van der Waals surface area contributed by atoms with E-state index >= 15 is 0 Å². The van der Waals surface area contributed by atoms with E-state index in [1.807, 2.05) is 43.9 Å². The van der Waals surface area contributed by atoms with Crippen LogP contribution in [0.3, 0.4) is 0 Å². The van der Waals surface area contributed by atoms with Gasteiger partial charge >= 0.3 is 0 Å². The number of aromatic nitrogens is 3. The lowest BCUT2D eigenvalue weighted by molar-refractivity contribution is -0.174. The molecule has 0 radical (unpaired) electrons. The predicted octanol–water partition coefficient (Wildman–Crippen LogP) is 6.49. The molecule has 7 rings (SSSR count). The minimum absolute atomic E-state index is 0.109.